The van der Waals surface area contributed by atoms with E-state index < -0.39 is 0 Å². The molecule has 0 amide bonds. The second-order valence-electron chi connectivity index (χ2n) is 7.40. The zero-order valence-corrected chi connectivity index (χ0v) is 19.5. The van der Waals surface area contributed by atoms with Crippen molar-refractivity contribution in [3.63, 3.8) is 0 Å². The molecular formula is C22H25IN6O. The van der Waals surface area contributed by atoms with E-state index >= 15 is 0 Å². The maximum atomic E-state index is 9.78. The van der Waals surface area contributed by atoms with Crippen molar-refractivity contribution in [2.24, 2.45) is 7.05 Å². The highest BCUT2D eigenvalue weighted by Crippen LogP contribution is 2.26. The van der Waals surface area contributed by atoms with Crippen molar-refractivity contribution in [2.45, 2.75) is 32.7 Å². The zero-order valence-electron chi connectivity index (χ0n) is 17.3. The molecule has 0 spiro atoms. The second-order valence-corrected chi connectivity index (χ2v) is 8.48. The number of hydrogen-bond donors (Lipinski definition) is 2. The maximum absolute atomic E-state index is 9.78. The van der Waals surface area contributed by atoms with Crippen LogP contribution in [0.15, 0.2) is 42.7 Å². The first-order valence-corrected chi connectivity index (χ1v) is 11.1. The van der Waals surface area contributed by atoms with Crippen LogP contribution in [-0.2, 0) is 13.6 Å². The molecule has 7 nitrogen and oxygen atoms in total. The SMILES string of the molecule is CCC(CO)c1cc(NCc2cccc(-c3nccn3C)c2)n2nc(C)c(I)c2n1. The molecule has 3 heterocycles. The number of imidazole rings is 1. The van der Waals surface area contributed by atoms with E-state index in [1.165, 1.54) is 0 Å². The highest BCUT2D eigenvalue weighted by molar-refractivity contribution is 14.1. The quantitative estimate of drug-likeness (QED) is 0.361. The van der Waals surface area contributed by atoms with E-state index in [9.17, 15) is 5.11 Å². The topological polar surface area (TPSA) is 80.3 Å². The molecule has 30 heavy (non-hydrogen) atoms. The molecule has 0 saturated heterocycles. The Kier molecular flexibility index (Phi) is 6.05. The van der Waals surface area contributed by atoms with Gasteiger partial charge < -0.3 is 15.0 Å². The van der Waals surface area contributed by atoms with Gasteiger partial charge in [0.05, 0.1) is 21.6 Å². The van der Waals surface area contributed by atoms with Crippen LogP contribution in [0.5, 0.6) is 0 Å². The van der Waals surface area contributed by atoms with Crippen LogP contribution in [0.1, 0.15) is 36.2 Å². The molecule has 4 rings (SSSR count). The molecule has 0 saturated carbocycles. The summed E-state index contributed by atoms with van der Waals surface area (Å²) in [5, 5.41) is 18.0. The van der Waals surface area contributed by atoms with Gasteiger partial charge in [0.1, 0.15) is 11.6 Å². The van der Waals surface area contributed by atoms with E-state index in [1.807, 2.05) is 41.5 Å². The molecule has 0 aliphatic carbocycles. The van der Waals surface area contributed by atoms with E-state index in [0.29, 0.717) is 6.54 Å². The summed E-state index contributed by atoms with van der Waals surface area (Å²) in [6, 6.07) is 10.4. The number of aliphatic hydroxyl groups is 1. The Labute approximate surface area is 189 Å². The predicted octanol–water partition coefficient (Wildman–Crippen LogP) is 4.14. The normalized spacial score (nSPS) is 12.4. The highest BCUT2D eigenvalue weighted by atomic mass is 127. The van der Waals surface area contributed by atoms with Gasteiger partial charge in [-0.1, -0.05) is 25.1 Å². The minimum atomic E-state index is 0.00768. The molecule has 0 fully saturated rings. The van der Waals surface area contributed by atoms with Gasteiger partial charge in [-0.25, -0.2) is 9.97 Å². The molecular weight excluding hydrogens is 491 g/mol. The van der Waals surface area contributed by atoms with Gasteiger partial charge in [-0.05, 0) is 47.6 Å². The molecule has 0 aliphatic heterocycles. The number of benzene rings is 1. The molecule has 4 aromatic rings. The van der Waals surface area contributed by atoms with Crippen LogP contribution in [0.2, 0.25) is 0 Å². The molecule has 1 unspecified atom stereocenters. The minimum Gasteiger partial charge on any atom is -0.396 e. The fraction of sp³-hybridized carbons (Fsp3) is 0.318. The third-order valence-electron chi connectivity index (χ3n) is 5.32. The van der Waals surface area contributed by atoms with Crippen molar-refractivity contribution in [2.75, 3.05) is 11.9 Å². The Morgan fingerprint density at radius 1 is 1.27 bits per heavy atom. The smallest absolute Gasteiger partial charge is 0.171 e. The highest BCUT2D eigenvalue weighted by Gasteiger charge is 2.17. The lowest BCUT2D eigenvalue weighted by Crippen LogP contribution is -2.11. The van der Waals surface area contributed by atoms with Gasteiger partial charge in [0, 0.05) is 43.5 Å². The van der Waals surface area contributed by atoms with E-state index in [0.717, 1.165) is 49.8 Å². The van der Waals surface area contributed by atoms with Crippen LogP contribution >= 0.6 is 22.6 Å². The average Bonchev–Trinajstić information content (AvgIpc) is 3.31. The number of anilines is 1. The molecule has 0 radical (unpaired) electrons. The third kappa shape index (κ3) is 3.93. The molecule has 2 N–H and O–H groups in total. The van der Waals surface area contributed by atoms with Crippen LogP contribution in [0, 0.1) is 10.5 Å². The molecule has 3 aromatic heterocycles. The van der Waals surface area contributed by atoms with Gasteiger partial charge in [0.25, 0.3) is 0 Å². The summed E-state index contributed by atoms with van der Waals surface area (Å²) in [5.74, 6) is 1.82. The van der Waals surface area contributed by atoms with Gasteiger partial charge in [-0.3, -0.25) is 0 Å². The standard InChI is InChI=1S/C22H25IN6O/c1-4-16(13-30)18-11-19(29-22(26-18)20(23)14(2)27-29)25-12-15-6-5-7-17(10-15)21-24-8-9-28(21)3/h5-11,16,25,30H,4,12-13H2,1-3H3. The van der Waals surface area contributed by atoms with Gasteiger partial charge in [0.15, 0.2) is 5.65 Å². The average molecular weight is 516 g/mol. The van der Waals surface area contributed by atoms with Crippen molar-refractivity contribution < 1.29 is 5.11 Å². The largest absolute Gasteiger partial charge is 0.396 e. The van der Waals surface area contributed by atoms with Crippen molar-refractivity contribution in [3.8, 4) is 11.4 Å². The van der Waals surface area contributed by atoms with Gasteiger partial charge in [0.2, 0.25) is 0 Å². The monoisotopic (exact) mass is 516 g/mol. The van der Waals surface area contributed by atoms with Gasteiger partial charge in [-0.2, -0.15) is 9.61 Å². The first-order chi connectivity index (χ1) is 14.5. The Hall–Kier alpha value is -2.46. The summed E-state index contributed by atoms with van der Waals surface area (Å²) in [6.45, 7) is 4.77. The van der Waals surface area contributed by atoms with Gasteiger partial charge in [-0.15, -0.1) is 0 Å². The lowest BCUT2D eigenvalue weighted by atomic mass is 10.0. The number of aromatic nitrogens is 5. The van der Waals surface area contributed by atoms with Gasteiger partial charge >= 0.3 is 0 Å². The lowest BCUT2D eigenvalue weighted by molar-refractivity contribution is 0.260. The van der Waals surface area contributed by atoms with Crippen LogP contribution in [0.25, 0.3) is 17.0 Å². The summed E-state index contributed by atoms with van der Waals surface area (Å²) in [6.07, 6.45) is 4.58. The molecule has 0 bridgehead atoms. The van der Waals surface area contributed by atoms with Crippen LogP contribution in [0.4, 0.5) is 5.82 Å². The summed E-state index contributed by atoms with van der Waals surface area (Å²) < 4.78 is 4.90. The van der Waals surface area contributed by atoms with E-state index in [1.54, 1.807) is 0 Å². The molecule has 1 atom stereocenters. The van der Waals surface area contributed by atoms with E-state index in [4.69, 9.17) is 4.98 Å². The number of fused-ring (bicyclic) bond motifs is 1. The zero-order chi connectivity index (χ0) is 21.3. The summed E-state index contributed by atoms with van der Waals surface area (Å²) in [7, 11) is 2.00. The van der Waals surface area contributed by atoms with Crippen LogP contribution in [-0.4, -0.2) is 35.9 Å². The van der Waals surface area contributed by atoms with Crippen LogP contribution in [0.3, 0.4) is 0 Å². The van der Waals surface area contributed by atoms with E-state index in [-0.39, 0.29) is 12.5 Å². The molecule has 156 valence electrons. The third-order valence-corrected chi connectivity index (χ3v) is 6.59. The maximum Gasteiger partial charge on any atom is 0.171 e. The Morgan fingerprint density at radius 2 is 2.10 bits per heavy atom. The summed E-state index contributed by atoms with van der Waals surface area (Å²) in [5.41, 5.74) is 4.88. The van der Waals surface area contributed by atoms with Crippen molar-refractivity contribution in [1.29, 1.82) is 0 Å². The second kappa shape index (κ2) is 8.73. The van der Waals surface area contributed by atoms with Crippen LogP contribution < -0.4 is 5.32 Å². The number of hydrogen-bond acceptors (Lipinski definition) is 5. The Morgan fingerprint density at radius 3 is 2.80 bits per heavy atom. The van der Waals surface area contributed by atoms with E-state index in [2.05, 4.69) is 69.2 Å². The number of rotatable bonds is 7. The molecule has 8 heteroatoms. The fourth-order valence-electron chi connectivity index (χ4n) is 3.54. The molecule has 1 aromatic carbocycles. The lowest BCUT2D eigenvalue weighted by Gasteiger charge is -2.15. The first kappa shape index (κ1) is 20.8. The fourth-order valence-corrected chi connectivity index (χ4v) is 4.00. The van der Waals surface area contributed by atoms with Crippen molar-refractivity contribution in [3.05, 3.63) is 63.2 Å². The molecule has 0 aliphatic rings. The number of nitrogens with zero attached hydrogens (tertiary/aromatic N) is 5. The number of aryl methyl sites for hydroxylation is 2. The number of nitrogens with one attached hydrogen (secondary N) is 1. The van der Waals surface area contributed by atoms with Crippen molar-refractivity contribution >= 4 is 34.1 Å². The summed E-state index contributed by atoms with van der Waals surface area (Å²) in [4.78, 5) is 9.24. The minimum absolute atomic E-state index is 0.00768. The summed E-state index contributed by atoms with van der Waals surface area (Å²) >= 11 is 2.29. The number of aliphatic hydroxyl groups excluding tert-OH is 1. The first-order valence-electron chi connectivity index (χ1n) is 9.99. The Balaban J connectivity index is 1.67. The Bertz CT molecular complexity index is 1180. The number of halogens is 1. The predicted molar refractivity (Wildman–Crippen MR) is 127 cm³/mol. The van der Waals surface area contributed by atoms with Crippen molar-refractivity contribution in [1.82, 2.24) is 24.1 Å².